The Morgan fingerprint density at radius 2 is 1.78 bits per heavy atom. The highest BCUT2D eigenvalue weighted by molar-refractivity contribution is 7.89. The number of ether oxygens (including phenoxy) is 1. The van der Waals surface area contributed by atoms with Gasteiger partial charge in [0, 0.05) is 17.2 Å². The van der Waals surface area contributed by atoms with Crippen molar-refractivity contribution < 1.29 is 36.5 Å². The van der Waals surface area contributed by atoms with Gasteiger partial charge in [-0.05, 0) is 24.3 Å². The molecule has 0 spiro atoms. The van der Waals surface area contributed by atoms with Gasteiger partial charge in [-0.3, -0.25) is 0 Å². The summed E-state index contributed by atoms with van der Waals surface area (Å²) < 4.78 is 70.4. The Bertz CT molecular complexity index is 1080. The summed E-state index contributed by atoms with van der Waals surface area (Å²) in [6.45, 7) is 0. The van der Waals surface area contributed by atoms with E-state index >= 15 is 0 Å². The first-order chi connectivity index (χ1) is 12.5. The highest BCUT2D eigenvalue weighted by Crippen LogP contribution is 2.55. The third-order valence-electron chi connectivity index (χ3n) is 4.02. The van der Waals surface area contributed by atoms with E-state index < -0.39 is 55.7 Å². The molecule has 2 unspecified atom stereocenters. The monoisotopic (exact) mass is 400 g/mol. The van der Waals surface area contributed by atoms with Crippen LogP contribution >= 0.6 is 0 Å². The molecule has 4 N–H and O–H groups in total. The molecule has 1 aliphatic rings. The Morgan fingerprint density at radius 3 is 2.37 bits per heavy atom. The quantitative estimate of drug-likeness (QED) is 0.720. The van der Waals surface area contributed by atoms with Crippen LogP contribution in [0.25, 0.3) is 0 Å². The molecule has 0 saturated carbocycles. The molecule has 2 atom stereocenters. The van der Waals surface area contributed by atoms with Gasteiger partial charge < -0.3 is 14.9 Å². The summed E-state index contributed by atoms with van der Waals surface area (Å²) >= 11 is 0. The maximum Gasteiger partial charge on any atom is 0.307 e. The number of nitrogens with zero attached hydrogens (tertiary/aromatic N) is 1. The summed E-state index contributed by atoms with van der Waals surface area (Å²) in [4.78, 5) is -0.800. The van der Waals surface area contributed by atoms with Crippen molar-refractivity contribution in [2.45, 2.75) is 23.0 Å². The Morgan fingerprint density at radius 1 is 1.15 bits per heavy atom. The molecule has 3 rings (SSSR count). The third-order valence-corrected chi connectivity index (χ3v) is 4.99. The lowest BCUT2D eigenvalue weighted by atomic mass is 10.1. The molecular formula is C16H11F3N2O5S. The second-order valence-corrected chi connectivity index (χ2v) is 7.33. The number of aliphatic hydroxyl groups is 2. The van der Waals surface area contributed by atoms with Crippen LogP contribution in [0, 0.1) is 17.1 Å². The highest BCUT2D eigenvalue weighted by atomic mass is 32.2. The maximum absolute atomic E-state index is 14.1. The van der Waals surface area contributed by atoms with E-state index in [0.29, 0.717) is 0 Å². The molecule has 142 valence electrons. The summed E-state index contributed by atoms with van der Waals surface area (Å²) in [5.41, 5.74) is -1.61. The molecule has 2 aromatic rings. The van der Waals surface area contributed by atoms with Crippen molar-refractivity contribution in [2.24, 2.45) is 5.14 Å². The van der Waals surface area contributed by atoms with Gasteiger partial charge in [-0.15, -0.1) is 0 Å². The first-order valence-corrected chi connectivity index (χ1v) is 8.83. The van der Waals surface area contributed by atoms with Gasteiger partial charge in [-0.1, -0.05) is 0 Å². The smallest absolute Gasteiger partial charge is 0.307 e. The number of hydrogen-bond donors (Lipinski definition) is 3. The average Bonchev–Trinajstić information content (AvgIpc) is 2.75. The first kappa shape index (κ1) is 19.1. The lowest BCUT2D eigenvalue weighted by Crippen LogP contribution is -2.27. The van der Waals surface area contributed by atoms with E-state index in [2.05, 4.69) is 0 Å². The van der Waals surface area contributed by atoms with Crippen LogP contribution in [0.2, 0.25) is 0 Å². The molecule has 0 bridgehead atoms. The van der Waals surface area contributed by atoms with Gasteiger partial charge >= 0.3 is 5.92 Å². The van der Waals surface area contributed by atoms with E-state index in [0.717, 1.165) is 30.3 Å². The van der Waals surface area contributed by atoms with E-state index in [1.54, 1.807) is 6.07 Å². The van der Waals surface area contributed by atoms with Crippen LogP contribution in [-0.2, 0) is 10.0 Å². The molecule has 7 nitrogen and oxygen atoms in total. The van der Waals surface area contributed by atoms with Gasteiger partial charge in [-0.2, -0.15) is 5.26 Å². The first-order valence-electron chi connectivity index (χ1n) is 7.29. The van der Waals surface area contributed by atoms with Crippen molar-refractivity contribution in [3.05, 3.63) is 52.8 Å². The number of nitriles is 1. The zero-order valence-electron chi connectivity index (χ0n) is 13.2. The fourth-order valence-electron chi connectivity index (χ4n) is 2.85. The molecule has 0 amide bonds. The number of hydrogen-bond acceptors (Lipinski definition) is 6. The number of rotatable bonds is 3. The fraction of sp³-hybridized carbons (Fsp3) is 0.188. The Kier molecular flexibility index (Phi) is 4.40. The van der Waals surface area contributed by atoms with Crippen LogP contribution in [0.4, 0.5) is 13.2 Å². The fourth-order valence-corrected chi connectivity index (χ4v) is 3.63. The van der Waals surface area contributed by atoms with Crippen molar-refractivity contribution in [1.29, 1.82) is 5.26 Å². The molecule has 0 aliphatic heterocycles. The molecule has 0 heterocycles. The standard InChI is InChI=1S/C16H11F3N2O5S/c17-8-3-7(6-20)4-9(5-8)26-10-1-2-11(27(21,24)25)13-12(10)14(22)16(18,19)15(13)23/h1-5,14-15,22-23H,(H2,21,24,25). The minimum atomic E-state index is -4.50. The molecule has 0 fully saturated rings. The molecule has 0 aromatic heterocycles. The van der Waals surface area contributed by atoms with E-state index in [-0.39, 0.29) is 11.3 Å². The molecule has 0 saturated heterocycles. The second-order valence-electron chi connectivity index (χ2n) is 5.80. The number of halogens is 3. The SMILES string of the molecule is N#Cc1cc(F)cc(Oc2ccc(S(N)(=O)=O)c3c2C(O)C(F)(F)C3O)c1. The molecule has 0 radical (unpaired) electrons. The van der Waals surface area contributed by atoms with Crippen LogP contribution in [0.15, 0.2) is 35.2 Å². The van der Waals surface area contributed by atoms with Crippen LogP contribution < -0.4 is 9.88 Å². The molecule has 27 heavy (non-hydrogen) atoms. The van der Waals surface area contributed by atoms with Gasteiger partial charge in [-0.25, -0.2) is 26.7 Å². The van der Waals surface area contributed by atoms with E-state index in [9.17, 15) is 31.8 Å². The average molecular weight is 400 g/mol. The topological polar surface area (TPSA) is 134 Å². The summed E-state index contributed by atoms with van der Waals surface area (Å²) in [6, 6.07) is 6.32. The van der Waals surface area contributed by atoms with Crippen molar-refractivity contribution >= 4 is 10.0 Å². The van der Waals surface area contributed by atoms with Gasteiger partial charge in [0.1, 0.15) is 29.5 Å². The van der Waals surface area contributed by atoms with E-state index in [1.165, 1.54) is 0 Å². The second kappa shape index (κ2) is 6.21. The van der Waals surface area contributed by atoms with Gasteiger partial charge in [0.25, 0.3) is 0 Å². The predicted molar refractivity (Wildman–Crippen MR) is 83.9 cm³/mol. The molecule has 1 aliphatic carbocycles. The Labute approximate surface area is 151 Å². The van der Waals surface area contributed by atoms with Crippen LogP contribution in [0.3, 0.4) is 0 Å². The maximum atomic E-state index is 14.1. The van der Waals surface area contributed by atoms with Crippen LogP contribution in [0.1, 0.15) is 28.9 Å². The number of primary sulfonamides is 1. The molecular weight excluding hydrogens is 389 g/mol. The summed E-state index contributed by atoms with van der Waals surface area (Å²) in [6.07, 6.45) is -5.25. The van der Waals surface area contributed by atoms with Gasteiger partial charge in [0.05, 0.1) is 16.5 Å². The molecule has 11 heteroatoms. The highest BCUT2D eigenvalue weighted by Gasteiger charge is 2.57. The minimum absolute atomic E-state index is 0.117. The predicted octanol–water partition coefficient (Wildman–Crippen LogP) is 1.85. The van der Waals surface area contributed by atoms with Gasteiger partial charge in [0.2, 0.25) is 10.0 Å². The number of benzene rings is 2. The lowest BCUT2D eigenvalue weighted by Gasteiger charge is -2.18. The number of aliphatic hydroxyl groups excluding tert-OH is 2. The van der Waals surface area contributed by atoms with Gasteiger partial charge in [0.15, 0.2) is 0 Å². The summed E-state index contributed by atoms with van der Waals surface area (Å²) in [5.74, 6) is -5.65. The number of alkyl halides is 2. The zero-order chi connectivity index (χ0) is 20.1. The van der Waals surface area contributed by atoms with E-state index in [1.807, 2.05) is 0 Å². The van der Waals surface area contributed by atoms with E-state index in [4.69, 9.17) is 15.1 Å². The summed E-state index contributed by atoms with van der Waals surface area (Å²) in [5, 5.41) is 33.6. The Hall–Kier alpha value is -2.65. The number of fused-ring (bicyclic) bond motifs is 1. The largest absolute Gasteiger partial charge is 0.457 e. The minimum Gasteiger partial charge on any atom is -0.457 e. The van der Waals surface area contributed by atoms with Crippen LogP contribution in [-0.4, -0.2) is 24.6 Å². The Balaban J connectivity index is 2.21. The summed E-state index contributed by atoms with van der Waals surface area (Å²) in [7, 11) is -4.50. The normalized spacial score (nSPS) is 20.8. The lowest BCUT2D eigenvalue weighted by molar-refractivity contribution is -0.166. The third kappa shape index (κ3) is 3.13. The van der Waals surface area contributed by atoms with Crippen molar-refractivity contribution in [3.63, 3.8) is 0 Å². The number of sulfonamides is 1. The molecule has 2 aromatic carbocycles. The van der Waals surface area contributed by atoms with Crippen molar-refractivity contribution in [2.75, 3.05) is 0 Å². The van der Waals surface area contributed by atoms with Crippen molar-refractivity contribution in [1.82, 2.24) is 0 Å². The zero-order valence-corrected chi connectivity index (χ0v) is 14.0. The van der Waals surface area contributed by atoms with Crippen LogP contribution in [0.5, 0.6) is 11.5 Å². The van der Waals surface area contributed by atoms with Crippen molar-refractivity contribution in [3.8, 4) is 17.6 Å². The number of nitrogens with two attached hydrogens (primary N) is 1.